The molecule has 1 saturated heterocycles. The lowest BCUT2D eigenvalue weighted by molar-refractivity contribution is -0.139. The standard InChI is InChI=1S/C21H35FN6O8.4F2/c1-3-35-20(33)25-9-6-5-7-14(26-21(34)36-4-2)18(31)24-11-10-23-16(29)8-12-28-17(30)13-15(27-22)19(28)32;4*1-2/h14-15,27H,3-13H2,1-2H3,(H,23,29)(H,24,31)(H,25,33)(H,26,34);;;;. The van der Waals surface area contributed by atoms with E-state index >= 15 is 0 Å². The summed E-state index contributed by atoms with van der Waals surface area (Å²) in [7, 11) is 0. The van der Waals surface area contributed by atoms with Gasteiger partial charge in [0.05, 0.1) is 19.6 Å². The third-order valence-electron chi connectivity index (χ3n) is 5.03. The van der Waals surface area contributed by atoms with Crippen molar-refractivity contribution in [3.05, 3.63) is 0 Å². The molecule has 0 saturated carbocycles. The van der Waals surface area contributed by atoms with Crippen molar-refractivity contribution in [3.63, 3.8) is 0 Å². The first-order valence-electron chi connectivity index (χ1n) is 12.4. The molecule has 1 rings (SSSR count). The van der Waals surface area contributed by atoms with E-state index in [0.29, 0.717) is 19.4 Å². The van der Waals surface area contributed by atoms with Crippen molar-refractivity contribution < 1.29 is 79.3 Å². The lowest BCUT2D eigenvalue weighted by atomic mass is 10.1. The number of ether oxygens (including phenoxy) is 2. The van der Waals surface area contributed by atoms with Crippen LogP contribution in [0.3, 0.4) is 0 Å². The molecule has 0 spiro atoms. The van der Waals surface area contributed by atoms with Crippen LogP contribution in [-0.4, -0.2) is 92.2 Å². The van der Waals surface area contributed by atoms with E-state index in [4.69, 9.17) is 46.1 Å². The number of likely N-dealkylation sites (tertiary alicyclic amines) is 1. The molecule has 23 heteroatoms. The van der Waals surface area contributed by atoms with Gasteiger partial charge >= 0.3 is 12.2 Å². The molecule has 5 N–H and O–H groups in total. The summed E-state index contributed by atoms with van der Waals surface area (Å²) in [5.74, 6) is -2.23. The van der Waals surface area contributed by atoms with Crippen molar-refractivity contribution >= 4 is 35.8 Å². The highest BCUT2D eigenvalue weighted by molar-refractivity contribution is 6.05. The van der Waals surface area contributed by atoms with Crippen molar-refractivity contribution in [2.75, 3.05) is 39.4 Å². The van der Waals surface area contributed by atoms with Crippen LogP contribution in [0.4, 0.5) is 50.7 Å². The van der Waals surface area contributed by atoms with Crippen LogP contribution >= 0.6 is 0 Å². The van der Waals surface area contributed by atoms with E-state index in [1.165, 1.54) is 5.54 Å². The smallest absolute Gasteiger partial charge is 0.407 e. The highest BCUT2D eigenvalue weighted by Crippen LogP contribution is 2.13. The summed E-state index contributed by atoms with van der Waals surface area (Å²) in [5, 5.41) is 10.2. The van der Waals surface area contributed by atoms with Crippen LogP contribution in [0.15, 0.2) is 0 Å². The number of carbonyl (C=O) groups is 6. The maximum atomic E-state index is 12.5. The lowest BCUT2D eigenvalue weighted by Gasteiger charge is -2.18. The van der Waals surface area contributed by atoms with Gasteiger partial charge in [-0.25, -0.2) is 9.59 Å². The fourth-order valence-electron chi connectivity index (χ4n) is 3.25. The van der Waals surface area contributed by atoms with Gasteiger partial charge in [0.25, 0.3) is 0 Å². The topological polar surface area (TPSA) is 184 Å². The van der Waals surface area contributed by atoms with Gasteiger partial charge in [-0.3, -0.25) is 24.1 Å². The molecule has 0 aromatic carbocycles. The molecule has 2 atom stereocenters. The number of hydrogen-bond acceptors (Lipinski definition) is 9. The second-order valence-corrected chi connectivity index (χ2v) is 7.70. The Kier molecular flexibility index (Phi) is 35.7. The number of nitrogens with one attached hydrogen (secondary N) is 5. The number of alkyl carbamates (subject to hydrolysis) is 2. The van der Waals surface area contributed by atoms with Crippen LogP contribution in [0, 0.1) is 0 Å². The SMILES string of the molecule is CCOC(=O)NCCCCC(NC(=O)OCC)C(=O)NCCNC(=O)CCN1C(=O)CC(NF)C1=O.FF.FF.FF.FF. The Hall–Kier alpha value is -4.05. The van der Waals surface area contributed by atoms with Gasteiger partial charge in [-0.1, -0.05) is 0 Å². The maximum absolute atomic E-state index is 12.5. The van der Waals surface area contributed by atoms with Crippen molar-refractivity contribution in [1.29, 1.82) is 0 Å². The highest BCUT2D eigenvalue weighted by Gasteiger charge is 2.38. The fourth-order valence-corrected chi connectivity index (χ4v) is 3.25. The molecule has 6 amide bonds. The van der Waals surface area contributed by atoms with E-state index < -0.39 is 47.9 Å². The predicted molar refractivity (Wildman–Crippen MR) is 132 cm³/mol. The Morgan fingerprint density at radius 2 is 1.36 bits per heavy atom. The zero-order chi connectivity index (χ0) is 34.9. The Balaban J connectivity index is -0.000000919. The third kappa shape index (κ3) is 22.5. The molecule has 44 heavy (non-hydrogen) atoms. The zero-order valence-electron chi connectivity index (χ0n) is 23.5. The van der Waals surface area contributed by atoms with Gasteiger partial charge in [0.1, 0.15) is 12.1 Å². The van der Waals surface area contributed by atoms with Crippen LogP contribution in [-0.2, 0) is 28.7 Å². The number of carbonyl (C=O) groups excluding carboxylic acids is 6. The average Bonchev–Trinajstić information content (AvgIpc) is 3.33. The first-order chi connectivity index (χ1) is 21.2. The van der Waals surface area contributed by atoms with E-state index in [0.717, 1.165) is 4.90 Å². The Morgan fingerprint density at radius 3 is 1.89 bits per heavy atom. The average molecular weight is 671 g/mol. The van der Waals surface area contributed by atoms with Gasteiger partial charge in [0, 0.05) is 69.2 Å². The molecule has 2 unspecified atom stereocenters. The van der Waals surface area contributed by atoms with Gasteiger partial charge in [0.15, 0.2) is 0 Å². The molecule has 14 nitrogen and oxygen atoms in total. The van der Waals surface area contributed by atoms with Crippen LogP contribution in [0.2, 0.25) is 0 Å². The number of imide groups is 1. The normalized spacial score (nSPS) is 13.4. The molecule has 1 aliphatic rings. The summed E-state index contributed by atoms with van der Waals surface area (Å²) >= 11 is 0. The summed E-state index contributed by atoms with van der Waals surface area (Å²) in [6, 6.07) is -2.10. The molecule has 0 aromatic rings. The van der Waals surface area contributed by atoms with Crippen molar-refractivity contribution in [2.24, 2.45) is 0 Å². The van der Waals surface area contributed by atoms with E-state index in [1.807, 2.05) is 0 Å². The number of rotatable bonds is 16. The molecule has 0 aromatic heterocycles. The van der Waals surface area contributed by atoms with Gasteiger partial charge in [-0.05, 0) is 33.1 Å². The summed E-state index contributed by atoms with van der Waals surface area (Å²) in [6.45, 7) is 4.01. The molecule has 1 heterocycles. The van der Waals surface area contributed by atoms with Gasteiger partial charge in [-0.2, -0.15) is 0 Å². The van der Waals surface area contributed by atoms with Crippen LogP contribution in [0.1, 0.15) is 46.0 Å². The lowest BCUT2D eigenvalue weighted by Crippen LogP contribution is -2.48. The summed E-state index contributed by atoms with van der Waals surface area (Å²) in [5.41, 5.74) is 1.26. The molecular formula is C21H35F9N6O8. The van der Waals surface area contributed by atoms with E-state index in [1.54, 1.807) is 13.8 Å². The largest absolute Gasteiger partial charge is 0.450 e. The van der Waals surface area contributed by atoms with Crippen LogP contribution in [0.25, 0.3) is 0 Å². The highest BCUT2D eigenvalue weighted by atomic mass is 20.0. The van der Waals surface area contributed by atoms with E-state index in [-0.39, 0.29) is 52.1 Å². The molecule has 0 bridgehead atoms. The predicted octanol–water partition coefficient (Wildman–Crippen LogP) is 2.60. The number of halogens is 9. The number of unbranched alkanes of at least 4 members (excludes halogenated alkanes) is 1. The second-order valence-electron chi connectivity index (χ2n) is 7.70. The van der Waals surface area contributed by atoms with Crippen molar-refractivity contribution in [2.45, 2.75) is 58.0 Å². The molecule has 0 radical (unpaired) electrons. The quantitative estimate of drug-likeness (QED) is 0.0713. The van der Waals surface area contributed by atoms with Crippen LogP contribution < -0.4 is 26.8 Å². The Morgan fingerprint density at radius 1 is 0.818 bits per heavy atom. The second kappa shape index (κ2) is 33.5. The van der Waals surface area contributed by atoms with E-state index in [2.05, 4.69) is 21.3 Å². The van der Waals surface area contributed by atoms with Crippen molar-refractivity contribution in [1.82, 2.24) is 31.7 Å². The minimum Gasteiger partial charge on any atom is -0.450 e. The Bertz CT molecular complexity index is 809. The summed E-state index contributed by atoms with van der Waals surface area (Å²) < 4.78 is 86.1. The molecular weight excluding hydrogens is 635 g/mol. The first-order valence-corrected chi connectivity index (χ1v) is 12.4. The maximum Gasteiger partial charge on any atom is 0.407 e. The minimum atomic E-state index is -1.22. The molecule has 0 aliphatic carbocycles. The number of amides is 6. The van der Waals surface area contributed by atoms with Crippen molar-refractivity contribution in [3.8, 4) is 0 Å². The minimum absolute atomic E-state index is 0.0609. The molecule has 1 aliphatic heterocycles. The van der Waals surface area contributed by atoms with Crippen LogP contribution in [0.5, 0.6) is 0 Å². The Labute approximate surface area is 245 Å². The molecule has 260 valence electrons. The fraction of sp³-hybridized carbons (Fsp3) is 0.714. The van der Waals surface area contributed by atoms with E-state index in [9.17, 15) is 33.2 Å². The molecule has 1 fully saturated rings. The number of hydrogen-bond donors (Lipinski definition) is 5. The number of nitrogens with zero attached hydrogens (tertiary/aromatic N) is 1. The van der Waals surface area contributed by atoms with Gasteiger partial charge in [-0.15, -0.1) is 10.0 Å². The third-order valence-corrected chi connectivity index (χ3v) is 5.03. The van der Waals surface area contributed by atoms with Gasteiger partial charge < -0.3 is 30.7 Å². The first kappa shape index (κ1) is 46.9. The summed E-state index contributed by atoms with van der Waals surface area (Å²) in [6.07, 6.45) is -0.393. The zero-order valence-corrected chi connectivity index (χ0v) is 23.5. The van der Waals surface area contributed by atoms with Gasteiger partial charge in [0.2, 0.25) is 23.6 Å². The monoisotopic (exact) mass is 670 g/mol. The summed E-state index contributed by atoms with van der Waals surface area (Å²) in [4.78, 5) is 71.9.